The van der Waals surface area contributed by atoms with Gasteiger partial charge in [-0.15, -0.1) is 11.6 Å². The molecule has 0 atom stereocenters. The van der Waals surface area contributed by atoms with Crippen LogP contribution in [0.15, 0.2) is 0 Å². The summed E-state index contributed by atoms with van der Waals surface area (Å²) < 4.78 is 35.8. The number of rotatable bonds is 3. The van der Waals surface area contributed by atoms with Gasteiger partial charge >= 0.3 is 6.18 Å². The third-order valence-electron chi connectivity index (χ3n) is 1.68. The molecule has 2 nitrogen and oxygen atoms in total. The van der Waals surface area contributed by atoms with Gasteiger partial charge in [0, 0.05) is 12.9 Å². The summed E-state index contributed by atoms with van der Waals surface area (Å²) in [6.45, 7) is 1.77. The highest BCUT2D eigenvalue weighted by atomic mass is 35.5. The SMILES string of the molecule is CN(CC(F)(F)F)C(=O)C(C)(C)CCl. The molecule has 0 spiro atoms. The van der Waals surface area contributed by atoms with Crippen LogP contribution < -0.4 is 0 Å². The molecule has 0 radical (unpaired) electrons. The number of carbonyl (C=O) groups is 1. The largest absolute Gasteiger partial charge is 0.406 e. The van der Waals surface area contributed by atoms with E-state index in [4.69, 9.17) is 11.6 Å². The number of hydrogen-bond donors (Lipinski definition) is 0. The van der Waals surface area contributed by atoms with Crippen molar-refractivity contribution in [1.82, 2.24) is 4.90 Å². The van der Waals surface area contributed by atoms with Crippen molar-refractivity contribution in [3.63, 3.8) is 0 Å². The number of amides is 1. The predicted octanol–water partition coefficient (Wildman–Crippen LogP) is 2.27. The fraction of sp³-hybridized carbons (Fsp3) is 0.875. The number of nitrogens with zero attached hydrogens (tertiary/aromatic N) is 1. The third-order valence-corrected chi connectivity index (χ3v) is 2.34. The Balaban J connectivity index is 4.41. The lowest BCUT2D eigenvalue weighted by molar-refractivity contribution is -0.163. The zero-order chi connectivity index (χ0) is 11.6. The normalized spacial score (nSPS) is 12.8. The smallest absolute Gasteiger partial charge is 0.336 e. The zero-order valence-electron chi connectivity index (χ0n) is 8.28. The summed E-state index contributed by atoms with van der Waals surface area (Å²) in [5.74, 6) is -0.613. The van der Waals surface area contributed by atoms with E-state index in [9.17, 15) is 18.0 Å². The highest BCUT2D eigenvalue weighted by Gasteiger charge is 2.36. The van der Waals surface area contributed by atoms with E-state index in [0.29, 0.717) is 4.90 Å². The van der Waals surface area contributed by atoms with E-state index in [1.54, 1.807) is 0 Å². The van der Waals surface area contributed by atoms with Crippen molar-refractivity contribution in [2.45, 2.75) is 20.0 Å². The maximum atomic E-state index is 11.9. The Hall–Kier alpha value is -0.450. The molecule has 1 amide bonds. The van der Waals surface area contributed by atoms with Crippen molar-refractivity contribution in [3.05, 3.63) is 0 Å². The summed E-state index contributed by atoms with van der Waals surface area (Å²) in [6.07, 6.45) is -4.37. The Morgan fingerprint density at radius 2 is 1.79 bits per heavy atom. The topological polar surface area (TPSA) is 20.3 Å². The minimum absolute atomic E-state index is 0.00592. The van der Waals surface area contributed by atoms with Crippen LogP contribution in [0.5, 0.6) is 0 Å². The first kappa shape index (κ1) is 13.5. The Morgan fingerprint density at radius 3 is 2.07 bits per heavy atom. The molecule has 0 rings (SSSR count). The maximum absolute atomic E-state index is 11.9. The number of halogens is 4. The second kappa shape index (κ2) is 4.38. The van der Waals surface area contributed by atoms with Gasteiger partial charge in [-0.1, -0.05) is 0 Å². The van der Waals surface area contributed by atoms with Crippen molar-refractivity contribution in [1.29, 1.82) is 0 Å². The quantitative estimate of drug-likeness (QED) is 0.683. The van der Waals surface area contributed by atoms with Crippen LogP contribution in [-0.2, 0) is 4.79 Å². The molecule has 0 aromatic carbocycles. The van der Waals surface area contributed by atoms with Gasteiger partial charge in [0.15, 0.2) is 0 Å². The van der Waals surface area contributed by atoms with Gasteiger partial charge in [-0.2, -0.15) is 13.2 Å². The summed E-state index contributed by atoms with van der Waals surface area (Å²) in [5.41, 5.74) is -0.957. The van der Waals surface area contributed by atoms with Gasteiger partial charge in [-0.25, -0.2) is 0 Å². The lowest BCUT2D eigenvalue weighted by Crippen LogP contribution is -2.43. The van der Waals surface area contributed by atoms with Crippen molar-refractivity contribution in [3.8, 4) is 0 Å². The second-order valence-corrected chi connectivity index (χ2v) is 4.06. The second-order valence-electron chi connectivity index (χ2n) is 3.79. The van der Waals surface area contributed by atoms with Gasteiger partial charge in [0.1, 0.15) is 6.54 Å². The molecule has 0 saturated heterocycles. The summed E-state index contributed by atoms with van der Waals surface area (Å²) in [6, 6.07) is 0. The van der Waals surface area contributed by atoms with Crippen LogP contribution in [0.4, 0.5) is 13.2 Å². The van der Waals surface area contributed by atoms with Crippen LogP contribution in [-0.4, -0.2) is 36.5 Å². The molecular formula is C8H13ClF3NO. The molecule has 0 saturated carbocycles. The van der Waals surface area contributed by atoms with Crippen LogP contribution in [0.2, 0.25) is 0 Å². The lowest BCUT2D eigenvalue weighted by Gasteiger charge is -2.28. The number of alkyl halides is 4. The monoisotopic (exact) mass is 231 g/mol. The van der Waals surface area contributed by atoms with Crippen molar-refractivity contribution >= 4 is 17.5 Å². The van der Waals surface area contributed by atoms with E-state index >= 15 is 0 Å². The lowest BCUT2D eigenvalue weighted by atomic mass is 9.94. The van der Waals surface area contributed by atoms with Crippen molar-refractivity contribution in [2.75, 3.05) is 19.5 Å². The zero-order valence-corrected chi connectivity index (χ0v) is 9.04. The fourth-order valence-electron chi connectivity index (χ4n) is 0.915. The first-order valence-corrected chi connectivity index (χ1v) is 4.52. The molecule has 0 aliphatic carbocycles. The van der Waals surface area contributed by atoms with Crippen molar-refractivity contribution < 1.29 is 18.0 Å². The van der Waals surface area contributed by atoms with E-state index in [2.05, 4.69) is 0 Å². The molecule has 84 valence electrons. The average Bonchev–Trinajstić information content (AvgIpc) is 2.00. The van der Waals surface area contributed by atoms with Crippen molar-refractivity contribution in [2.24, 2.45) is 5.41 Å². The van der Waals surface area contributed by atoms with Gasteiger partial charge in [-0.3, -0.25) is 4.79 Å². The van der Waals surface area contributed by atoms with E-state index in [0.717, 1.165) is 7.05 Å². The van der Waals surface area contributed by atoms with Gasteiger partial charge in [0.05, 0.1) is 5.41 Å². The molecule has 0 aromatic heterocycles. The maximum Gasteiger partial charge on any atom is 0.406 e. The third kappa shape index (κ3) is 4.17. The van der Waals surface area contributed by atoms with Crippen LogP contribution in [0, 0.1) is 5.41 Å². The van der Waals surface area contributed by atoms with E-state index in [1.165, 1.54) is 13.8 Å². The minimum atomic E-state index is -4.37. The van der Waals surface area contributed by atoms with Crippen LogP contribution in [0.3, 0.4) is 0 Å². The Labute approximate surface area is 86.0 Å². The number of carbonyl (C=O) groups excluding carboxylic acids is 1. The fourth-order valence-corrected chi connectivity index (χ4v) is 1.03. The van der Waals surface area contributed by atoms with E-state index in [1.807, 2.05) is 0 Å². The van der Waals surface area contributed by atoms with Crippen LogP contribution >= 0.6 is 11.6 Å². The minimum Gasteiger partial charge on any atom is -0.336 e. The Morgan fingerprint density at radius 1 is 1.36 bits per heavy atom. The highest BCUT2D eigenvalue weighted by molar-refractivity contribution is 6.19. The predicted molar refractivity (Wildman–Crippen MR) is 48.2 cm³/mol. The van der Waals surface area contributed by atoms with E-state index in [-0.39, 0.29) is 5.88 Å². The molecule has 6 heteroatoms. The van der Waals surface area contributed by atoms with Gasteiger partial charge in [-0.05, 0) is 13.8 Å². The summed E-state index contributed by atoms with van der Waals surface area (Å²) in [5, 5.41) is 0. The summed E-state index contributed by atoms with van der Waals surface area (Å²) in [4.78, 5) is 12.1. The summed E-state index contributed by atoms with van der Waals surface area (Å²) in [7, 11) is 1.12. The molecular weight excluding hydrogens is 219 g/mol. The first-order chi connectivity index (χ1) is 6.10. The van der Waals surface area contributed by atoms with Gasteiger partial charge < -0.3 is 4.90 Å². The molecule has 0 N–H and O–H groups in total. The van der Waals surface area contributed by atoms with E-state index < -0.39 is 24.0 Å². The van der Waals surface area contributed by atoms with Gasteiger partial charge in [0.2, 0.25) is 5.91 Å². The highest BCUT2D eigenvalue weighted by Crippen LogP contribution is 2.23. The standard InChI is InChI=1S/C8H13ClF3NO/c1-7(2,4-9)6(14)13(3)5-8(10,11)12/h4-5H2,1-3H3. The molecule has 14 heavy (non-hydrogen) atoms. The first-order valence-electron chi connectivity index (χ1n) is 3.98. The number of hydrogen-bond acceptors (Lipinski definition) is 1. The average molecular weight is 232 g/mol. The molecule has 0 unspecified atom stereocenters. The Kier molecular flexibility index (Phi) is 4.24. The molecule has 0 aliphatic rings. The molecule has 0 heterocycles. The van der Waals surface area contributed by atoms with Crippen LogP contribution in [0.25, 0.3) is 0 Å². The molecule has 0 aliphatic heterocycles. The Bertz CT molecular complexity index is 215. The van der Waals surface area contributed by atoms with Gasteiger partial charge in [0.25, 0.3) is 0 Å². The molecule has 0 bridgehead atoms. The van der Waals surface area contributed by atoms with Crippen LogP contribution in [0.1, 0.15) is 13.8 Å². The molecule has 0 aromatic rings. The molecule has 0 fully saturated rings. The summed E-state index contributed by atoms with van der Waals surface area (Å²) >= 11 is 5.47.